The third-order valence-corrected chi connectivity index (χ3v) is 10.9. The van der Waals surface area contributed by atoms with E-state index < -0.39 is 11.8 Å². The molecule has 3 amide bonds. The largest absolute Gasteiger partial charge is 0.364 e. The molecule has 2 aromatic carbocycles. The molecule has 49 heavy (non-hydrogen) atoms. The number of piperidine rings is 3. The summed E-state index contributed by atoms with van der Waals surface area (Å²) >= 11 is 0. The van der Waals surface area contributed by atoms with Gasteiger partial charge in [-0.15, -0.1) is 0 Å². The van der Waals surface area contributed by atoms with Crippen molar-refractivity contribution in [2.24, 2.45) is 11.7 Å². The van der Waals surface area contributed by atoms with E-state index in [4.69, 9.17) is 15.2 Å². The molecule has 4 aromatic rings. The normalized spacial score (nSPS) is 21.9. The van der Waals surface area contributed by atoms with Gasteiger partial charge in [0.15, 0.2) is 17.1 Å². The number of anilines is 3. The number of imide groups is 1. The molecule has 0 radical (unpaired) electrons. The van der Waals surface area contributed by atoms with Gasteiger partial charge >= 0.3 is 0 Å². The lowest BCUT2D eigenvalue weighted by molar-refractivity contribution is -0.134. The van der Waals surface area contributed by atoms with Crippen LogP contribution in [0.1, 0.15) is 89.7 Å². The second-order valence-corrected chi connectivity index (χ2v) is 14.1. The summed E-state index contributed by atoms with van der Waals surface area (Å²) < 4.78 is 5.85. The highest BCUT2D eigenvalue weighted by atomic mass is 16.5. The van der Waals surface area contributed by atoms with Gasteiger partial charge in [-0.1, -0.05) is 23.4 Å². The van der Waals surface area contributed by atoms with Crippen LogP contribution in [0.15, 0.2) is 47.1 Å². The van der Waals surface area contributed by atoms with Crippen molar-refractivity contribution in [2.45, 2.75) is 69.6 Å². The van der Waals surface area contributed by atoms with E-state index in [1.54, 1.807) is 6.20 Å². The minimum absolute atomic E-state index is 0.143. The van der Waals surface area contributed by atoms with Crippen LogP contribution in [0.3, 0.4) is 0 Å². The quantitative estimate of drug-likeness (QED) is 0.228. The molecule has 3 aliphatic heterocycles. The van der Waals surface area contributed by atoms with Crippen molar-refractivity contribution in [2.75, 3.05) is 42.9 Å². The lowest BCUT2D eigenvalue weighted by Gasteiger charge is -2.33. The Morgan fingerprint density at radius 1 is 0.980 bits per heavy atom. The number of nitrogens with two attached hydrogens (primary N) is 1. The Bertz CT molecular complexity index is 1890. The summed E-state index contributed by atoms with van der Waals surface area (Å²) in [7, 11) is 0. The van der Waals surface area contributed by atoms with E-state index >= 15 is 0 Å². The Morgan fingerprint density at radius 2 is 1.78 bits per heavy atom. The van der Waals surface area contributed by atoms with E-state index in [1.807, 2.05) is 18.2 Å². The molecule has 0 spiro atoms. The summed E-state index contributed by atoms with van der Waals surface area (Å²) in [5.74, 6) is 0.593. The number of primary amides is 1. The molecule has 2 aromatic heterocycles. The van der Waals surface area contributed by atoms with Crippen molar-refractivity contribution < 1.29 is 18.9 Å². The summed E-state index contributed by atoms with van der Waals surface area (Å²) in [5, 5.41) is 11.0. The lowest BCUT2D eigenvalue weighted by atomic mass is 9.89. The molecule has 3 saturated heterocycles. The molecule has 2 unspecified atom stereocenters. The zero-order valence-electron chi connectivity index (χ0n) is 27.6. The average Bonchev–Trinajstić information content (AvgIpc) is 3.73. The van der Waals surface area contributed by atoms with Gasteiger partial charge in [0.25, 0.3) is 5.91 Å². The Labute approximate surface area is 284 Å². The number of benzene rings is 2. The summed E-state index contributed by atoms with van der Waals surface area (Å²) in [5.41, 5.74) is 11.9. The fourth-order valence-electron chi connectivity index (χ4n) is 8.25. The van der Waals surface area contributed by atoms with E-state index in [2.05, 4.69) is 48.8 Å². The number of likely N-dealkylation sites (tertiary alicyclic amines) is 1. The van der Waals surface area contributed by atoms with E-state index in [0.29, 0.717) is 36.2 Å². The predicted molar refractivity (Wildman–Crippen MR) is 185 cm³/mol. The van der Waals surface area contributed by atoms with Crippen LogP contribution in [-0.2, 0) is 22.4 Å². The molecule has 4 aliphatic rings. The van der Waals surface area contributed by atoms with Gasteiger partial charge in [0, 0.05) is 42.7 Å². The number of nitrogens with zero attached hydrogens (tertiary/aromatic N) is 5. The van der Waals surface area contributed by atoms with Crippen LogP contribution in [0, 0.1) is 5.92 Å². The number of aromatic nitrogens is 3. The van der Waals surface area contributed by atoms with Crippen molar-refractivity contribution in [1.29, 1.82) is 0 Å². The Morgan fingerprint density at radius 3 is 2.53 bits per heavy atom. The zero-order valence-corrected chi connectivity index (χ0v) is 27.6. The number of carbonyl (C=O) groups is 3. The summed E-state index contributed by atoms with van der Waals surface area (Å²) in [6.45, 7) is 5.02. The molecule has 12 nitrogen and oxygen atoms in total. The first-order valence-electron chi connectivity index (χ1n) is 17.6. The third kappa shape index (κ3) is 6.37. The number of nitrogens with one attached hydrogen (secondary N) is 2. The first kappa shape index (κ1) is 31.4. The van der Waals surface area contributed by atoms with Crippen LogP contribution in [0.25, 0.3) is 11.0 Å². The molecule has 0 saturated carbocycles. The van der Waals surface area contributed by atoms with E-state index in [9.17, 15) is 14.4 Å². The number of carbonyl (C=O) groups excluding carboxylic acids is 3. The van der Waals surface area contributed by atoms with Crippen molar-refractivity contribution in [3.63, 3.8) is 0 Å². The van der Waals surface area contributed by atoms with Crippen LogP contribution in [-0.4, -0.2) is 70.5 Å². The second kappa shape index (κ2) is 13.2. The molecule has 1 aliphatic carbocycles. The molecule has 5 heterocycles. The van der Waals surface area contributed by atoms with Crippen molar-refractivity contribution >= 4 is 46.0 Å². The molecule has 254 valence electrons. The number of amides is 3. The van der Waals surface area contributed by atoms with E-state index in [0.717, 1.165) is 93.7 Å². The predicted octanol–water partition coefficient (Wildman–Crippen LogP) is 4.57. The minimum Gasteiger partial charge on any atom is -0.364 e. The minimum atomic E-state index is -0.602. The van der Waals surface area contributed by atoms with Crippen LogP contribution >= 0.6 is 0 Å². The highest BCUT2D eigenvalue weighted by Gasteiger charge is 2.34. The second-order valence-electron chi connectivity index (χ2n) is 14.1. The van der Waals surface area contributed by atoms with Gasteiger partial charge in [-0.25, -0.2) is 9.97 Å². The summed E-state index contributed by atoms with van der Waals surface area (Å²) in [6, 6.07) is 12.7. The number of fused-ring (bicyclic) bond motifs is 3. The van der Waals surface area contributed by atoms with Gasteiger partial charge in [0.2, 0.25) is 11.8 Å². The van der Waals surface area contributed by atoms with Crippen molar-refractivity contribution in [1.82, 2.24) is 25.3 Å². The van der Waals surface area contributed by atoms with Crippen molar-refractivity contribution in [3.05, 3.63) is 70.7 Å². The maximum Gasteiger partial charge on any atom is 0.271 e. The SMILES string of the molecule is NC(=O)c1ncc(N2CCCCC2)nc1Nc1ccc(C2CCN(CC3Cc4ccc5c(C6CCC(=O)NC6=O)noc5c4C3)CC2)cc1. The Kier molecular flexibility index (Phi) is 8.48. The summed E-state index contributed by atoms with van der Waals surface area (Å²) in [6.07, 6.45) is 10.1. The molecular formula is C37H42N8O4. The first-order chi connectivity index (χ1) is 23.9. The van der Waals surface area contributed by atoms with Crippen LogP contribution < -0.4 is 21.3 Å². The maximum atomic E-state index is 12.5. The Hall–Kier alpha value is -4.84. The number of hydrogen-bond donors (Lipinski definition) is 3. The van der Waals surface area contributed by atoms with E-state index in [-0.39, 0.29) is 17.5 Å². The monoisotopic (exact) mass is 662 g/mol. The summed E-state index contributed by atoms with van der Waals surface area (Å²) in [4.78, 5) is 50.2. The molecule has 8 rings (SSSR count). The lowest BCUT2D eigenvalue weighted by Crippen LogP contribution is -2.39. The van der Waals surface area contributed by atoms with Gasteiger partial charge in [0.1, 0.15) is 11.5 Å². The fraction of sp³-hybridized carbons (Fsp3) is 0.459. The molecule has 3 fully saturated rings. The number of hydrogen-bond acceptors (Lipinski definition) is 10. The fourth-order valence-corrected chi connectivity index (χ4v) is 8.25. The van der Waals surface area contributed by atoms with Crippen LogP contribution in [0.5, 0.6) is 0 Å². The van der Waals surface area contributed by atoms with E-state index in [1.165, 1.54) is 23.1 Å². The molecular weight excluding hydrogens is 620 g/mol. The first-order valence-corrected chi connectivity index (χ1v) is 17.6. The number of rotatable bonds is 8. The molecule has 0 bridgehead atoms. The average molecular weight is 663 g/mol. The van der Waals surface area contributed by atoms with Gasteiger partial charge in [0.05, 0.1) is 12.1 Å². The Balaban J connectivity index is 0.867. The smallest absolute Gasteiger partial charge is 0.271 e. The van der Waals surface area contributed by atoms with Gasteiger partial charge < -0.3 is 25.4 Å². The van der Waals surface area contributed by atoms with Gasteiger partial charge in [-0.05, 0) is 106 Å². The van der Waals surface area contributed by atoms with Gasteiger partial charge in [-0.2, -0.15) is 0 Å². The van der Waals surface area contributed by atoms with Gasteiger partial charge in [-0.3, -0.25) is 19.7 Å². The molecule has 12 heteroatoms. The zero-order chi connectivity index (χ0) is 33.5. The van der Waals surface area contributed by atoms with Crippen LogP contribution in [0.2, 0.25) is 0 Å². The topological polar surface area (TPSA) is 160 Å². The maximum absolute atomic E-state index is 12.5. The molecule has 4 N–H and O–H groups in total. The third-order valence-electron chi connectivity index (χ3n) is 10.9. The highest BCUT2D eigenvalue weighted by Crippen LogP contribution is 2.38. The highest BCUT2D eigenvalue weighted by molar-refractivity contribution is 6.02. The molecule has 2 atom stereocenters. The standard InChI is InChI=1S/C37H42N8O4/c38-35(47)33-36(41-30(20-39-33)45-14-2-1-3-15-45)40-26-7-4-23(5-8-26)24-12-16-44(17-13-24)21-22-18-25-6-9-27-32(43-49-34(27)29(25)19-22)28-10-11-31(46)42-37(28)48/h4-9,20,22,24,28H,1-3,10-19,21H2,(H2,38,47)(H,40,41)(H,42,46,48). The van der Waals surface area contributed by atoms with Crippen molar-refractivity contribution in [3.8, 4) is 0 Å². The van der Waals surface area contributed by atoms with Crippen LogP contribution in [0.4, 0.5) is 17.3 Å².